The summed E-state index contributed by atoms with van der Waals surface area (Å²) in [6, 6.07) is 15.2. The topological polar surface area (TPSA) is 83.1 Å². The van der Waals surface area contributed by atoms with Crippen molar-refractivity contribution in [3.05, 3.63) is 72.8 Å². The maximum atomic E-state index is 4.93. The maximum Gasteiger partial charge on any atom is 0.116 e. The second-order valence-corrected chi connectivity index (χ2v) is 9.46. The van der Waals surface area contributed by atoms with Crippen molar-refractivity contribution in [2.75, 3.05) is 0 Å². The van der Waals surface area contributed by atoms with E-state index in [1.807, 2.05) is 12.4 Å². The number of nitrogens with zero attached hydrogens (tertiary/aromatic N) is 4. The van der Waals surface area contributed by atoms with Gasteiger partial charge in [0.15, 0.2) is 0 Å². The number of fused-ring (bicyclic) bond motifs is 6. The summed E-state index contributed by atoms with van der Waals surface area (Å²) < 4.78 is 0. The lowest BCUT2D eigenvalue weighted by Crippen LogP contribution is -1.89. The third kappa shape index (κ3) is 3.25. The Hall–Kier alpha value is -4.06. The van der Waals surface area contributed by atoms with Gasteiger partial charge in [0, 0.05) is 28.8 Å². The SMILES string of the molecule is CC(C)c1ncc(-c2ccc(-c3ccc4c(c3)c3cncnc3c3[nH]c(C(C)C)nc43)cc2)[nH]1. The second-order valence-electron chi connectivity index (χ2n) is 9.46. The quantitative estimate of drug-likeness (QED) is 0.287. The van der Waals surface area contributed by atoms with E-state index in [9.17, 15) is 0 Å². The number of hydrogen-bond acceptors (Lipinski definition) is 4. The lowest BCUT2D eigenvalue weighted by atomic mass is 9.97. The molecule has 0 fully saturated rings. The highest BCUT2D eigenvalue weighted by Crippen LogP contribution is 2.36. The van der Waals surface area contributed by atoms with E-state index in [2.05, 4.69) is 95.1 Å². The van der Waals surface area contributed by atoms with E-state index >= 15 is 0 Å². The molecule has 3 aromatic heterocycles. The third-order valence-electron chi connectivity index (χ3n) is 6.45. The van der Waals surface area contributed by atoms with Crippen LogP contribution in [-0.2, 0) is 0 Å². The summed E-state index contributed by atoms with van der Waals surface area (Å²) in [5.41, 5.74) is 7.32. The fraction of sp³-hybridized carbons (Fsp3) is 0.214. The summed E-state index contributed by atoms with van der Waals surface area (Å²) in [5, 5.41) is 3.25. The molecule has 3 heterocycles. The van der Waals surface area contributed by atoms with Gasteiger partial charge in [-0.15, -0.1) is 0 Å². The Morgan fingerprint density at radius 1 is 0.647 bits per heavy atom. The van der Waals surface area contributed by atoms with Crippen LogP contribution in [0.3, 0.4) is 0 Å². The Morgan fingerprint density at radius 2 is 1.38 bits per heavy atom. The fourth-order valence-corrected chi connectivity index (χ4v) is 4.53. The lowest BCUT2D eigenvalue weighted by Gasteiger charge is -2.09. The average Bonchev–Trinajstić information content (AvgIpc) is 3.53. The van der Waals surface area contributed by atoms with Crippen molar-refractivity contribution in [1.82, 2.24) is 29.9 Å². The predicted octanol–water partition coefficient (Wildman–Crippen LogP) is 6.96. The van der Waals surface area contributed by atoms with E-state index in [-0.39, 0.29) is 0 Å². The van der Waals surface area contributed by atoms with Crippen molar-refractivity contribution >= 4 is 32.7 Å². The molecule has 0 saturated heterocycles. The summed E-state index contributed by atoms with van der Waals surface area (Å²) >= 11 is 0. The number of imidazole rings is 2. The molecule has 0 aliphatic rings. The first kappa shape index (κ1) is 20.5. The van der Waals surface area contributed by atoms with Crippen LogP contribution in [-0.4, -0.2) is 29.9 Å². The highest BCUT2D eigenvalue weighted by Gasteiger charge is 2.16. The number of nitrogens with one attached hydrogen (secondary N) is 2. The van der Waals surface area contributed by atoms with Crippen molar-refractivity contribution < 1.29 is 0 Å². The van der Waals surface area contributed by atoms with Gasteiger partial charge in [-0.25, -0.2) is 19.9 Å². The van der Waals surface area contributed by atoms with Crippen LogP contribution in [0, 0.1) is 0 Å². The molecule has 0 aliphatic carbocycles. The molecule has 2 N–H and O–H groups in total. The summed E-state index contributed by atoms with van der Waals surface area (Å²) in [7, 11) is 0. The molecule has 0 aliphatic heterocycles. The van der Waals surface area contributed by atoms with Gasteiger partial charge in [-0.3, -0.25) is 0 Å². The van der Waals surface area contributed by atoms with Crippen LogP contribution < -0.4 is 0 Å². The lowest BCUT2D eigenvalue weighted by molar-refractivity contribution is 0.795. The molecule has 0 bridgehead atoms. The standard InChI is InChI=1S/C28H26N6/c1-15(2)27-30-13-23(32-27)18-7-5-17(6-8-18)19-9-10-20-21(11-19)22-12-29-14-31-24(22)26-25(20)33-28(34-26)16(3)4/h5-16H,1-4H3,(H,30,32)(H,33,34). The minimum absolute atomic E-state index is 0.309. The van der Waals surface area contributed by atoms with E-state index in [4.69, 9.17) is 4.98 Å². The van der Waals surface area contributed by atoms with E-state index in [0.717, 1.165) is 66.7 Å². The van der Waals surface area contributed by atoms with Crippen LogP contribution in [0.4, 0.5) is 0 Å². The van der Waals surface area contributed by atoms with Gasteiger partial charge < -0.3 is 9.97 Å². The molecule has 168 valence electrons. The largest absolute Gasteiger partial charge is 0.342 e. The van der Waals surface area contributed by atoms with Crippen LogP contribution in [0.1, 0.15) is 51.2 Å². The summed E-state index contributed by atoms with van der Waals surface area (Å²) in [6.07, 6.45) is 5.41. The molecule has 0 atom stereocenters. The van der Waals surface area contributed by atoms with Crippen molar-refractivity contribution in [1.29, 1.82) is 0 Å². The zero-order valence-corrected chi connectivity index (χ0v) is 19.7. The van der Waals surface area contributed by atoms with Crippen molar-refractivity contribution in [3.8, 4) is 22.4 Å². The molecule has 0 saturated carbocycles. The molecule has 34 heavy (non-hydrogen) atoms. The van der Waals surface area contributed by atoms with Crippen LogP contribution in [0.5, 0.6) is 0 Å². The first-order valence-electron chi connectivity index (χ1n) is 11.7. The zero-order chi connectivity index (χ0) is 23.4. The summed E-state index contributed by atoms with van der Waals surface area (Å²) in [6.45, 7) is 8.57. The Kier molecular flexibility index (Phi) is 4.69. The smallest absolute Gasteiger partial charge is 0.116 e. The van der Waals surface area contributed by atoms with Crippen LogP contribution in [0.15, 0.2) is 61.2 Å². The van der Waals surface area contributed by atoms with Crippen LogP contribution in [0.2, 0.25) is 0 Å². The molecular weight excluding hydrogens is 420 g/mol. The molecule has 3 aromatic carbocycles. The highest BCUT2D eigenvalue weighted by atomic mass is 14.9. The molecule has 0 unspecified atom stereocenters. The summed E-state index contributed by atoms with van der Waals surface area (Å²) in [5.74, 6) is 2.67. The van der Waals surface area contributed by atoms with E-state index in [1.165, 1.54) is 0 Å². The number of hydrogen-bond donors (Lipinski definition) is 2. The Balaban J connectivity index is 1.48. The van der Waals surface area contributed by atoms with E-state index < -0.39 is 0 Å². The van der Waals surface area contributed by atoms with Crippen LogP contribution in [0.25, 0.3) is 55.1 Å². The molecule has 0 spiro atoms. The zero-order valence-electron chi connectivity index (χ0n) is 19.7. The number of aromatic amines is 2. The van der Waals surface area contributed by atoms with Gasteiger partial charge in [-0.2, -0.15) is 0 Å². The number of benzene rings is 3. The van der Waals surface area contributed by atoms with E-state index in [0.29, 0.717) is 11.8 Å². The normalized spacial score (nSPS) is 12.1. The predicted molar refractivity (Wildman–Crippen MR) is 138 cm³/mol. The van der Waals surface area contributed by atoms with Crippen LogP contribution >= 0.6 is 0 Å². The Bertz CT molecular complexity index is 1650. The van der Waals surface area contributed by atoms with Gasteiger partial charge in [0.1, 0.15) is 18.0 Å². The molecule has 6 aromatic rings. The number of H-pyrrole nitrogens is 2. The second kappa shape index (κ2) is 7.76. The minimum Gasteiger partial charge on any atom is -0.342 e. The minimum atomic E-state index is 0.309. The molecule has 0 radical (unpaired) electrons. The molecule has 0 amide bonds. The van der Waals surface area contributed by atoms with Gasteiger partial charge >= 0.3 is 0 Å². The molecule has 6 heteroatoms. The molecular formula is C28H26N6. The first-order valence-corrected chi connectivity index (χ1v) is 11.7. The number of aromatic nitrogens is 6. The molecule has 6 nitrogen and oxygen atoms in total. The van der Waals surface area contributed by atoms with Gasteiger partial charge in [0.05, 0.1) is 28.4 Å². The first-order chi connectivity index (χ1) is 16.5. The van der Waals surface area contributed by atoms with Crippen molar-refractivity contribution in [2.45, 2.75) is 39.5 Å². The highest BCUT2D eigenvalue weighted by molar-refractivity contribution is 6.22. The summed E-state index contributed by atoms with van der Waals surface area (Å²) in [4.78, 5) is 25.3. The maximum absolute atomic E-state index is 4.93. The van der Waals surface area contributed by atoms with Gasteiger partial charge in [0.25, 0.3) is 0 Å². The Labute approximate surface area is 197 Å². The van der Waals surface area contributed by atoms with Crippen molar-refractivity contribution in [2.24, 2.45) is 0 Å². The number of rotatable bonds is 4. The van der Waals surface area contributed by atoms with Gasteiger partial charge in [-0.1, -0.05) is 64.1 Å². The fourth-order valence-electron chi connectivity index (χ4n) is 4.53. The average molecular weight is 447 g/mol. The van der Waals surface area contributed by atoms with Crippen molar-refractivity contribution in [3.63, 3.8) is 0 Å². The third-order valence-corrected chi connectivity index (χ3v) is 6.45. The van der Waals surface area contributed by atoms with E-state index in [1.54, 1.807) is 6.33 Å². The monoisotopic (exact) mass is 446 g/mol. The molecule has 6 rings (SSSR count). The van der Waals surface area contributed by atoms with Gasteiger partial charge in [0.2, 0.25) is 0 Å². The Morgan fingerprint density at radius 3 is 2.12 bits per heavy atom. The van der Waals surface area contributed by atoms with Gasteiger partial charge in [-0.05, 0) is 28.1 Å².